The minimum Gasteiger partial charge on any atom is -0.326 e. The molecule has 1 aliphatic heterocycles. The quantitative estimate of drug-likeness (QED) is 0.831. The van der Waals surface area contributed by atoms with Crippen molar-refractivity contribution in [3.63, 3.8) is 0 Å². The maximum Gasteiger partial charge on any atom is 0.228 e. The van der Waals surface area contributed by atoms with Crippen LogP contribution in [0.1, 0.15) is 31.4 Å². The summed E-state index contributed by atoms with van der Waals surface area (Å²) in [5.74, 6) is 0.0608. The third-order valence-electron chi connectivity index (χ3n) is 3.80. The van der Waals surface area contributed by atoms with E-state index in [4.69, 9.17) is 0 Å². The van der Waals surface area contributed by atoms with Crippen LogP contribution in [0, 0.1) is 5.92 Å². The molecule has 1 heterocycles. The molecule has 1 unspecified atom stereocenters. The van der Waals surface area contributed by atoms with E-state index in [0.717, 1.165) is 31.7 Å². The summed E-state index contributed by atoms with van der Waals surface area (Å²) in [6, 6.07) is 6.21. The maximum absolute atomic E-state index is 12.1. The first-order valence-electron chi connectivity index (χ1n) is 7.44. The number of halogens is 2. The highest BCUT2D eigenvalue weighted by atomic mass is 35.5. The molecule has 1 aliphatic rings. The van der Waals surface area contributed by atoms with E-state index in [0.29, 0.717) is 6.54 Å². The zero-order valence-corrected chi connectivity index (χ0v) is 15.1. The summed E-state index contributed by atoms with van der Waals surface area (Å²) in [4.78, 5) is 14.6. The molecule has 1 atom stereocenters. The normalized spacial score (nSPS) is 14.5. The number of carbonyl (C=O) groups excluding carboxylic acids is 1. The fourth-order valence-corrected chi connectivity index (χ4v) is 2.74. The Bertz CT molecular complexity index is 482. The summed E-state index contributed by atoms with van der Waals surface area (Å²) >= 11 is 0. The van der Waals surface area contributed by atoms with Crippen LogP contribution < -0.4 is 10.6 Å². The zero-order valence-electron chi connectivity index (χ0n) is 13.5. The van der Waals surface area contributed by atoms with Crippen LogP contribution in [-0.4, -0.2) is 30.9 Å². The Morgan fingerprint density at radius 2 is 2.05 bits per heavy atom. The van der Waals surface area contributed by atoms with E-state index in [1.807, 2.05) is 26.1 Å². The summed E-state index contributed by atoms with van der Waals surface area (Å²) < 4.78 is 0. The minimum atomic E-state index is -0.0241. The van der Waals surface area contributed by atoms with Crippen LogP contribution in [-0.2, 0) is 17.9 Å². The Kier molecular flexibility index (Phi) is 9.69. The highest BCUT2D eigenvalue weighted by Crippen LogP contribution is 2.29. The second-order valence-corrected chi connectivity index (χ2v) is 5.60. The summed E-state index contributed by atoms with van der Waals surface area (Å²) in [7, 11) is 1.87. The Morgan fingerprint density at radius 1 is 1.32 bits per heavy atom. The number of hydrogen-bond donors (Lipinski definition) is 2. The highest BCUT2D eigenvalue weighted by molar-refractivity contribution is 5.93. The Morgan fingerprint density at radius 3 is 2.68 bits per heavy atom. The molecule has 0 radical (unpaired) electrons. The Labute approximate surface area is 145 Å². The predicted octanol–water partition coefficient (Wildman–Crippen LogP) is 3.05. The van der Waals surface area contributed by atoms with Gasteiger partial charge in [-0.1, -0.05) is 26.0 Å². The van der Waals surface area contributed by atoms with E-state index >= 15 is 0 Å². The van der Waals surface area contributed by atoms with Crippen molar-refractivity contribution < 1.29 is 4.79 Å². The van der Waals surface area contributed by atoms with E-state index in [9.17, 15) is 4.79 Å². The molecule has 2 rings (SSSR count). The van der Waals surface area contributed by atoms with Crippen LogP contribution in [0.25, 0.3) is 0 Å². The average Bonchev–Trinajstić information content (AvgIpc) is 2.83. The monoisotopic (exact) mass is 347 g/mol. The number of nitrogens with one attached hydrogen (secondary N) is 2. The molecule has 4 nitrogen and oxygen atoms in total. The van der Waals surface area contributed by atoms with Crippen LogP contribution in [0.2, 0.25) is 0 Å². The Hall–Kier alpha value is -0.810. The minimum absolute atomic E-state index is 0. The number of rotatable bonds is 6. The van der Waals surface area contributed by atoms with Crippen LogP contribution in [0.5, 0.6) is 0 Å². The van der Waals surface area contributed by atoms with Gasteiger partial charge in [-0.3, -0.25) is 9.69 Å². The van der Waals surface area contributed by atoms with Gasteiger partial charge in [0.2, 0.25) is 5.91 Å². The molecule has 0 saturated carbocycles. The van der Waals surface area contributed by atoms with Crippen molar-refractivity contribution in [1.29, 1.82) is 0 Å². The third-order valence-corrected chi connectivity index (χ3v) is 3.80. The smallest absolute Gasteiger partial charge is 0.228 e. The lowest BCUT2D eigenvalue weighted by atomic mass is 10.1. The van der Waals surface area contributed by atoms with Crippen molar-refractivity contribution >= 4 is 36.4 Å². The zero-order chi connectivity index (χ0) is 14.5. The van der Waals surface area contributed by atoms with Gasteiger partial charge in [0.25, 0.3) is 0 Å². The lowest BCUT2D eigenvalue weighted by Gasteiger charge is -2.15. The summed E-state index contributed by atoms with van der Waals surface area (Å²) in [5, 5.41) is 6.13. The van der Waals surface area contributed by atoms with Gasteiger partial charge in [-0.15, -0.1) is 24.8 Å². The lowest BCUT2D eigenvalue weighted by molar-refractivity contribution is -0.119. The van der Waals surface area contributed by atoms with Crippen molar-refractivity contribution in [2.75, 3.05) is 25.5 Å². The summed E-state index contributed by atoms with van der Waals surface area (Å²) in [5.41, 5.74) is 3.61. The third kappa shape index (κ3) is 5.13. The van der Waals surface area contributed by atoms with Crippen LogP contribution in [0.4, 0.5) is 5.69 Å². The topological polar surface area (TPSA) is 44.4 Å². The maximum atomic E-state index is 12.1. The molecule has 126 valence electrons. The van der Waals surface area contributed by atoms with Crippen molar-refractivity contribution in [3.05, 3.63) is 29.3 Å². The molecule has 0 aliphatic carbocycles. The number of anilines is 1. The number of carbonyl (C=O) groups is 1. The van der Waals surface area contributed by atoms with E-state index in [2.05, 4.69) is 28.5 Å². The van der Waals surface area contributed by atoms with Crippen LogP contribution in [0.3, 0.4) is 0 Å². The number of benzene rings is 1. The van der Waals surface area contributed by atoms with Crippen LogP contribution in [0.15, 0.2) is 18.2 Å². The Balaban J connectivity index is 0.00000220. The van der Waals surface area contributed by atoms with Gasteiger partial charge < -0.3 is 10.6 Å². The highest BCUT2D eigenvalue weighted by Gasteiger charge is 2.22. The van der Waals surface area contributed by atoms with Gasteiger partial charge in [0.15, 0.2) is 0 Å². The average molecular weight is 348 g/mol. The largest absolute Gasteiger partial charge is 0.326 e. The number of nitrogens with zero attached hydrogens (tertiary/aromatic N) is 1. The van der Waals surface area contributed by atoms with Gasteiger partial charge in [-0.25, -0.2) is 0 Å². The first-order valence-corrected chi connectivity index (χ1v) is 7.44. The number of fused-ring (bicyclic) bond motifs is 1. The molecule has 22 heavy (non-hydrogen) atoms. The van der Waals surface area contributed by atoms with Gasteiger partial charge >= 0.3 is 0 Å². The van der Waals surface area contributed by atoms with Gasteiger partial charge in [0.1, 0.15) is 0 Å². The fraction of sp³-hybridized carbons (Fsp3) is 0.562. The first kappa shape index (κ1) is 21.2. The SMILES string of the molecule is CCCN1Cc2cccc(NC(=O)C(C)CNC)c2C1.Cl.Cl. The number of hydrogen-bond acceptors (Lipinski definition) is 3. The number of amides is 1. The summed E-state index contributed by atoms with van der Waals surface area (Å²) in [6.07, 6.45) is 1.16. The molecule has 1 aromatic carbocycles. The van der Waals surface area contributed by atoms with Crippen LogP contribution >= 0.6 is 24.8 Å². The van der Waals surface area contributed by atoms with Crippen molar-refractivity contribution in [3.8, 4) is 0 Å². The molecule has 0 spiro atoms. The van der Waals surface area contributed by atoms with Gasteiger partial charge in [0, 0.05) is 31.2 Å². The molecule has 1 amide bonds. The van der Waals surface area contributed by atoms with E-state index in [-0.39, 0.29) is 36.6 Å². The predicted molar refractivity (Wildman–Crippen MR) is 97.1 cm³/mol. The molecule has 6 heteroatoms. The van der Waals surface area contributed by atoms with Crippen molar-refractivity contribution in [2.45, 2.75) is 33.4 Å². The van der Waals surface area contributed by atoms with Gasteiger partial charge in [0.05, 0.1) is 0 Å². The first-order chi connectivity index (χ1) is 9.65. The van der Waals surface area contributed by atoms with E-state index < -0.39 is 0 Å². The lowest BCUT2D eigenvalue weighted by Crippen LogP contribution is -2.29. The second kappa shape index (κ2) is 10.1. The molecule has 0 aromatic heterocycles. The second-order valence-electron chi connectivity index (χ2n) is 5.60. The standard InChI is InChI=1S/C16H25N3O.2ClH/c1-4-8-19-10-13-6-5-7-15(14(13)11-19)18-16(20)12(2)9-17-3;;/h5-7,12,17H,4,8-11H2,1-3H3,(H,18,20);2*1H. The molecule has 0 bridgehead atoms. The molecular weight excluding hydrogens is 321 g/mol. The molecular formula is C16H27Cl2N3O. The van der Waals surface area contributed by atoms with Crippen molar-refractivity contribution in [1.82, 2.24) is 10.2 Å². The van der Waals surface area contributed by atoms with E-state index in [1.54, 1.807) is 0 Å². The van der Waals surface area contributed by atoms with E-state index in [1.165, 1.54) is 11.1 Å². The summed E-state index contributed by atoms with van der Waals surface area (Å²) in [6.45, 7) is 7.89. The molecule has 0 saturated heterocycles. The van der Waals surface area contributed by atoms with Gasteiger partial charge in [-0.05, 0) is 37.2 Å². The molecule has 2 N–H and O–H groups in total. The molecule has 1 aromatic rings. The fourth-order valence-electron chi connectivity index (χ4n) is 2.74. The van der Waals surface area contributed by atoms with Crippen molar-refractivity contribution in [2.24, 2.45) is 5.92 Å². The van der Waals surface area contributed by atoms with Gasteiger partial charge in [-0.2, -0.15) is 0 Å². The molecule has 0 fully saturated rings.